The minimum atomic E-state index is -1.56. The number of nitrogens with zero attached hydrogens (tertiary/aromatic N) is 3. The van der Waals surface area contributed by atoms with Crippen LogP contribution in [0.5, 0.6) is 0 Å². The number of carbonyl (C=O) groups excluding carboxylic acids is 2. The van der Waals surface area contributed by atoms with Gasteiger partial charge < -0.3 is 24.4 Å². The van der Waals surface area contributed by atoms with Crippen LogP contribution in [0.3, 0.4) is 0 Å². The number of fused-ring (bicyclic) bond motifs is 6. The van der Waals surface area contributed by atoms with Crippen LogP contribution in [-0.4, -0.2) is 56.2 Å². The molecule has 3 aliphatic heterocycles. The molecular weight excluding hydrogens is 481 g/mol. The van der Waals surface area contributed by atoms with E-state index in [2.05, 4.69) is 0 Å². The third-order valence-corrected chi connectivity index (χ3v) is 8.80. The van der Waals surface area contributed by atoms with Crippen LogP contribution in [0.15, 0.2) is 16.9 Å². The number of hydrogen-bond acceptors (Lipinski definition) is 7. The van der Waals surface area contributed by atoms with Crippen LogP contribution in [-0.2, 0) is 39.3 Å². The quantitative estimate of drug-likeness (QED) is 0.375. The Hall–Kier alpha value is -3.63. The number of pyridine rings is 2. The molecule has 37 heavy (non-hydrogen) atoms. The van der Waals surface area contributed by atoms with Crippen molar-refractivity contribution in [1.82, 2.24) is 14.5 Å². The maximum absolute atomic E-state index is 15.0. The first-order valence-corrected chi connectivity index (χ1v) is 12.4. The molecule has 1 saturated heterocycles. The third kappa shape index (κ3) is 2.85. The van der Waals surface area contributed by atoms with Crippen molar-refractivity contribution < 1.29 is 28.9 Å². The van der Waals surface area contributed by atoms with Gasteiger partial charge in [-0.3, -0.25) is 9.59 Å². The molecule has 2 unspecified atom stereocenters. The fourth-order valence-corrected chi connectivity index (χ4v) is 6.91. The number of carbonyl (C=O) groups is 2. The first-order valence-electron chi connectivity index (χ1n) is 12.4. The number of likely N-dealkylation sites (tertiary alicyclic amines) is 1. The van der Waals surface area contributed by atoms with Gasteiger partial charge in [0.1, 0.15) is 19.0 Å². The van der Waals surface area contributed by atoms with Crippen molar-refractivity contribution in [3.05, 3.63) is 61.7 Å². The van der Waals surface area contributed by atoms with Crippen molar-refractivity contribution >= 4 is 22.8 Å². The van der Waals surface area contributed by atoms with E-state index in [1.807, 2.05) is 0 Å². The van der Waals surface area contributed by atoms with Gasteiger partial charge in [-0.2, -0.15) is 0 Å². The Morgan fingerprint density at radius 3 is 2.84 bits per heavy atom. The summed E-state index contributed by atoms with van der Waals surface area (Å²) in [4.78, 5) is 44.4. The molecule has 3 aromatic rings. The van der Waals surface area contributed by atoms with Gasteiger partial charge in [0.2, 0.25) is 5.91 Å². The number of rotatable bonds is 1. The molecule has 4 aliphatic rings. The second kappa shape index (κ2) is 7.45. The highest BCUT2D eigenvalue weighted by Gasteiger charge is 2.47. The number of aliphatic hydroxyl groups excluding tert-OH is 2. The van der Waals surface area contributed by atoms with E-state index in [4.69, 9.17) is 9.72 Å². The highest BCUT2D eigenvalue weighted by Crippen LogP contribution is 2.51. The van der Waals surface area contributed by atoms with Crippen LogP contribution in [0.25, 0.3) is 22.3 Å². The molecule has 1 fully saturated rings. The van der Waals surface area contributed by atoms with E-state index in [9.17, 15) is 24.6 Å². The zero-order chi connectivity index (χ0) is 25.8. The molecule has 2 aromatic heterocycles. The Bertz CT molecular complexity index is 1650. The van der Waals surface area contributed by atoms with E-state index in [0.29, 0.717) is 54.8 Å². The molecule has 2 N–H and O–H groups in total. The number of esters is 1. The molecule has 0 saturated carbocycles. The smallest absolute Gasteiger partial charge is 0.340 e. The molecule has 1 aromatic carbocycles. The molecule has 2 atom stereocenters. The van der Waals surface area contributed by atoms with Gasteiger partial charge in [-0.15, -0.1) is 0 Å². The zero-order valence-corrected chi connectivity index (χ0v) is 20.1. The highest BCUT2D eigenvalue weighted by molar-refractivity contribution is 5.94. The molecule has 0 radical (unpaired) electrons. The summed E-state index contributed by atoms with van der Waals surface area (Å²) < 4.78 is 21.6. The molecule has 0 bridgehead atoms. The molecular formula is C27H24FN3O6. The van der Waals surface area contributed by atoms with Crippen molar-refractivity contribution in [2.24, 2.45) is 0 Å². The van der Waals surface area contributed by atoms with Crippen LogP contribution >= 0.6 is 0 Å². The number of hydrogen-bond donors (Lipinski definition) is 2. The van der Waals surface area contributed by atoms with E-state index in [1.54, 1.807) is 22.5 Å². The summed E-state index contributed by atoms with van der Waals surface area (Å²) in [5.74, 6) is -1.48. The first kappa shape index (κ1) is 22.6. The van der Waals surface area contributed by atoms with E-state index in [-0.39, 0.29) is 41.6 Å². The van der Waals surface area contributed by atoms with Crippen molar-refractivity contribution in [1.29, 1.82) is 0 Å². The summed E-state index contributed by atoms with van der Waals surface area (Å²) in [5, 5.41) is 20.8. The predicted molar refractivity (Wildman–Crippen MR) is 128 cm³/mol. The number of halogens is 1. The Balaban J connectivity index is 1.52. The van der Waals surface area contributed by atoms with Crippen molar-refractivity contribution in [3.8, 4) is 11.4 Å². The average Bonchev–Trinajstić information content (AvgIpc) is 3.48. The number of cyclic esters (lactones) is 1. The summed E-state index contributed by atoms with van der Waals surface area (Å²) >= 11 is 0. The minimum Gasteiger partial charge on any atom is -0.458 e. The first-order chi connectivity index (χ1) is 17.7. The van der Waals surface area contributed by atoms with Gasteiger partial charge in [-0.05, 0) is 48.9 Å². The summed E-state index contributed by atoms with van der Waals surface area (Å²) in [6.45, 7) is 2.17. The molecule has 1 amide bonds. The van der Waals surface area contributed by atoms with Crippen LogP contribution < -0.4 is 5.56 Å². The second-order valence-electron chi connectivity index (χ2n) is 10.5. The maximum Gasteiger partial charge on any atom is 0.340 e. The monoisotopic (exact) mass is 505 g/mol. The second-order valence-corrected chi connectivity index (χ2v) is 10.5. The normalized spacial score (nSPS) is 23.3. The molecule has 1 aliphatic carbocycles. The summed E-state index contributed by atoms with van der Waals surface area (Å²) in [6.07, 6.45) is 0.467. The topological polar surface area (TPSA) is 122 Å². The van der Waals surface area contributed by atoms with Crippen molar-refractivity contribution in [3.63, 3.8) is 0 Å². The maximum atomic E-state index is 15.0. The molecule has 7 rings (SSSR count). The summed E-state index contributed by atoms with van der Waals surface area (Å²) in [6, 6.07) is 3.05. The van der Waals surface area contributed by atoms with Gasteiger partial charge >= 0.3 is 5.97 Å². The lowest BCUT2D eigenvalue weighted by Crippen LogP contribution is -2.38. The summed E-state index contributed by atoms with van der Waals surface area (Å²) in [7, 11) is 0. The largest absolute Gasteiger partial charge is 0.458 e. The lowest BCUT2D eigenvalue weighted by molar-refractivity contribution is -0.157. The van der Waals surface area contributed by atoms with E-state index in [1.165, 1.54) is 6.07 Å². The number of aryl methyl sites for hydroxylation is 1. The fourth-order valence-electron chi connectivity index (χ4n) is 6.91. The van der Waals surface area contributed by atoms with Gasteiger partial charge in [0.15, 0.2) is 6.10 Å². The third-order valence-electron chi connectivity index (χ3n) is 8.80. The number of aliphatic hydroxyl groups is 2. The molecule has 9 nitrogen and oxygen atoms in total. The lowest BCUT2D eigenvalue weighted by atomic mass is 9.67. The number of aromatic nitrogens is 2. The van der Waals surface area contributed by atoms with E-state index < -0.39 is 24.1 Å². The number of amides is 1. The molecule has 190 valence electrons. The average molecular weight is 506 g/mol. The lowest BCUT2D eigenvalue weighted by Gasteiger charge is -2.37. The molecule has 10 heteroatoms. The predicted octanol–water partition coefficient (Wildman–Crippen LogP) is 1.37. The standard InChI is InChI=1S/C27H24FN3O6/c1-12-13-2-3-27(4-5-30(11-27)20(33)9-32)22-15-8-31-19(23(15)29-18(21(13)22)7-17(12)28)6-14-16(25(31)35)10-37-26(36)24(14)34/h6-7,24,32,34H,2-5,8-11H2,1H3. The van der Waals surface area contributed by atoms with E-state index >= 15 is 4.39 Å². The fraction of sp³-hybridized carbons (Fsp3) is 0.407. The van der Waals surface area contributed by atoms with Gasteiger partial charge in [0.25, 0.3) is 5.56 Å². The molecule has 5 heterocycles. The van der Waals surface area contributed by atoms with Gasteiger partial charge in [-0.25, -0.2) is 14.2 Å². The Morgan fingerprint density at radius 2 is 2.05 bits per heavy atom. The van der Waals surface area contributed by atoms with Crippen LogP contribution in [0.1, 0.15) is 52.3 Å². The Kier molecular flexibility index (Phi) is 4.54. The highest BCUT2D eigenvalue weighted by atomic mass is 19.1. The Morgan fingerprint density at radius 1 is 1.24 bits per heavy atom. The van der Waals surface area contributed by atoms with Crippen molar-refractivity contribution in [2.45, 2.75) is 50.9 Å². The molecule has 1 spiro atoms. The zero-order valence-electron chi connectivity index (χ0n) is 20.1. The van der Waals surface area contributed by atoms with E-state index in [0.717, 1.165) is 22.1 Å². The van der Waals surface area contributed by atoms with Gasteiger partial charge in [0, 0.05) is 41.1 Å². The van der Waals surface area contributed by atoms with Crippen molar-refractivity contribution in [2.75, 3.05) is 19.7 Å². The van der Waals surface area contributed by atoms with Crippen LogP contribution in [0.2, 0.25) is 0 Å². The minimum absolute atomic E-state index is 0.209. The van der Waals surface area contributed by atoms with Crippen LogP contribution in [0, 0.1) is 12.7 Å². The number of ether oxygens (including phenoxy) is 1. The van der Waals surface area contributed by atoms with Gasteiger partial charge in [-0.1, -0.05) is 0 Å². The Labute approximate surface area is 210 Å². The summed E-state index contributed by atoms with van der Waals surface area (Å²) in [5.41, 5.74) is 4.45. The number of benzene rings is 1. The van der Waals surface area contributed by atoms with Crippen LogP contribution in [0.4, 0.5) is 4.39 Å². The van der Waals surface area contributed by atoms with Gasteiger partial charge in [0.05, 0.1) is 29.0 Å². The SMILES string of the molecule is Cc1c(F)cc2nc3c(c4c2c1CCC41CCN(C(=O)CO)C1)Cn1c-3cc2c(c1=O)COC(=O)C2O.